The van der Waals surface area contributed by atoms with Gasteiger partial charge in [0.2, 0.25) is 0 Å². The number of aliphatic hydroxyl groups excluding tert-OH is 1. The lowest BCUT2D eigenvalue weighted by Crippen LogP contribution is -2.10. The molecule has 2 atom stereocenters. The minimum Gasteiger partial charge on any atom is -0.388 e. The molecular weight excluding hydrogens is 331 g/mol. The van der Waals surface area contributed by atoms with Gasteiger partial charge in [-0.25, -0.2) is 4.39 Å². The molecule has 1 N–H and O–H groups in total. The van der Waals surface area contributed by atoms with Crippen LogP contribution in [0.3, 0.4) is 0 Å². The maximum atomic E-state index is 14.1. The smallest absolute Gasteiger partial charge is 0.148 e. The molecule has 0 saturated carbocycles. The molecule has 2 rings (SSSR count). The van der Waals surface area contributed by atoms with Gasteiger partial charge in [0.25, 0.3) is 0 Å². The van der Waals surface area contributed by atoms with Gasteiger partial charge in [0, 0.05) is 16.0 Å². The summed E-state index contributed by atoms with van der Waals surface area (Å²) in [4.78, 5) is 0. The molecule has 100 valence electrons. The highest BCUT2D eigenvalue weighted by Crippen LogP contribution is 2.36. The molecule has 0 radical (unpaired) electrons. The summed E-state index contributed by atoms with van der Waals surface area (Å²) < 4.78 is 14.5. The Morgan fingerprint density at radius 2 is 1.79 bits per heavy atom. The van der Waals surface area contributed by atoms with Crippen LogP contribution in [0, 0.1) is 5.82 Å². The number of benzene rings is 2. The molecule has 0 heterocycles. The molecule has 0 aliphatic heterocycles. The number of aliphatic hydroxyl groups is 1. The lowest BCUT2D eigenvalue weighted by molar-refractivity contribution is 0.147. The number of rotatable bonds is 3. The standard InChI is InChI=1S/C15H13BrClFO/c1-9(10-5-3-2-4-6-10)15(19)11-7-8-12(16)13(17)14(11)18/h2-9,15,19H,1H3. The highest BCUT2D eigenvalue weighted by molar-refractivity contribution is 9.10. The number of hydrogen-bond donors (Lipinski definition) is 1. The van der Waals surface area contributed by atoms with Gasteiger partial charge in [-0.1, -0.05) is 54.9 Å². The fraction of sp³-hybridized carbons (Fsp3) is 0.200. The summed E-state index contributed by atoms with van der Waals surface area (Å²) in [6.07, 6.45) is -0.937. The largest absolute Gasteiger partial charge is 0.388 e. The van der Waals surface area contributed by atoms with E-state index in [-0.39, 0.29) is 16.5 Å². The van der Waals surface area contributed by atoms with Crippen molar-refractivity contribution < 1.29 is 9.50 Å². The third-order valence-electron chi connectivity index (χ3n) is 3.18. The van der Waals surface area contributed by atoms with E-state index >= 15 is 0 Å². The highest BCUT2D eigenvalue weighted by Gasteiger charge is 2.23. The van der Waals surface area contributed by atoms with Gasteiger partial charge in [-0.2, -0.15) is 0 Å². The minimum atomic E-state index is -0.937. The molecule has 2 aromatic carbocycles. The Morgan fingerprint density at radius 3 is 2.42 bits per heavy atom. The normalized spacial score (nSPS) is 14.2. The molecule has 0 saturated heterocycles. The van der Waals surface area contributed by atoms with Gasteiger partial charge in [0.1, 0.15) is 5.82 Å². The van der Waals surface area contributed by atoms with Crippen LogP contribution in [0.1, 0.15) is 30.1 Å². The zero-order chi connectivity index (χ0) is 14.0. The Hall–Kier alpha value is -0.900. The first-order valence-corrected chi connectivity index (χ1v) is 7.06. The second kappa shape index (κ2) is 6.04. The highest BCUT2D eigenvalue weighted by atomic mass is 79.9. The zero-order valence-electron chi connectivity index (χ0n) is 10.3. The second-order valence-corrected chi connectivity index (χ2v) is 5.64. The van der Waals surface area contributed by atoms with Gasteiger partial charge in [-0.3, -0.25) is 0 Å². The van der Waals surface area contributed by atoms with Crippen LogP contribution in [0.25, 0.3) is 0 Å². The van der Waals surface area contributed by atoms with Crippen LogP contribution >= 0.6 is 27.5 Å². The summed E-state index contributed by atoms with van der Waals surface area (Å²) in [5, 5.41) is 10.3. The Kier molecular flexibility index (Phi) is 4.61. The molecule has 0 aliphatic rings. The van der Waals surface area contributed by atoms with E-state index in [9.17, 15) is 9.50 Å². The van der Waals surface area contributed by atoms with Crippen LogP contribution in [-0.2, 0) is 0 Å². The Bertz CT molecular complexity index is 574. The Morgan fingerprint density at radius 1 is 1.16 bits per heavy atom. The zero-order valence-corrected chi connectivity index (χ0v) is 12.6. The summed E-state index contributed by atoms with van der Waals surface area (Å²) in [7, 11) is 0. The first kappa shape index (κ1) is 14.5. The van der Waals surface area contributed by atoms with Crippen LogP contribution < -0.4 is 0 Å². The molecule has 0 amide bonds. The van der Waals surface area contributed by atoms with Crippen LogP contribution in [0.4, 0.5) is 4.39 Å². The van der Waals surface area contributed by atoms with Crippen molar-refractivity contribution in [2.24, 2.45) is 0 Å². The predicted molar refractivity (Wildman–Crippen MR) is 78.9 cm³/mol. The molecule has 2 unspecified atom stereocenters. The summed E-state index contributed by atoms with van der Waals surface area (Å²) in [5.74, 6) is -0.792. The quantitative estimate of drug-likeness (QED) is 0.771. The van der Waals surface area contributed by atoms with Crippen molar-refractivity contribution in [3.8, 4) is 0 Å². The second-order valence-electron chi connectivity index (χ2n) is 4.41. The van der Waals surface area contributed by atoms with E-state index in [0.717, 1.165) is 5.56 Å². The van der Waals surface area contributed by atoms with Gasteiger partial charge in [-0.15, -0.1) is 0 Å². The van der Waals surface area contributed by atoms with Crippen molar-refractivity contribution in [3.05, 3.63) is 68.9 Å². The van der Waals surface area contributed by atoms with Gasteiger partial charge >= 0.3 is 0 Å². The van der Waals surface area contributed by atoms with E-state index < -0.39 is 11.9 Å². The fourth-order valence-electron chi connectivity index (χ4n) is 1.98. The molecule has 0 bridgehead atoms. The van der Waals surface area contributed by atoms with Crippen molar-refractivity contribution in [2.75, 3.05) is 0 Å². The van der Waals surface area contributed by atoms with Gasteiger partial charge in [0.15, 0.2) is 0 Å². The third-order valence-corrected chi connectivity index (χ3v) is 4.44. The van der Waals surface area contributed by atoms with Crippen molar-refractivity contribution in [3.63, 3.8) is 0 Å². The molecule has 0 aliphatic carbocycles. The molecule has 1 nitrogen and oxygen atoms in total. The SMILES string of the molecule is CC(c1ccccc1)C(O)c1ccc(Br)c(Cl)c1F. The van der Waals surface area contributed by atoms with Crippen LogP contribution in [0.15, 0.2) is 46.9 Å². The van der Waals surface area contributed by atoms with E-state index in [1.807, 2.05) is 37.3 Å². The first-order valence-electron chi connectivity index (χ1n) is 5.88. The van der Waals surface area contributed by atoms with E-state index in [4.69, 9.17) is 11.6 Å². The molecule has 2 aromatic rings. The van der Waals surface area contributed by atoms with Crippen LogP contribution in [0.5, 0.6) is 0 Å². The maximum absolute atomic E-state index is 14.1. The van der Waals surface area contributed by atoms with Crippen molar-refractivity contribution >= 4 is 27.5 Å². The van der Waals surface area contributed by atoms with E-state index in [0.29, 0.717) is 4.47 Å². The van der Waals surface area contributed by atoms with E-state index in [1.165, 1.54) is 0 Å². The predicted octanol–water partition coefficient (Wildman–Crippen LogP) is 5.08. The summed E-state index contributed by atoms with van der Waals surface area (Å²) in [6, 6.07) is 12.7. The topological polar surface area (TPSA) is 20.2 Å². The average Bonchev–Trinajstić information content (AvgIpc) is 2.44. The summed E-state index contributed by atoms with van der Waals surface area (Å²) in [5.41, 5.74) is 1.16. The Balaban J connectivity index is 2.35. The van der Waals surface area contributed by atoms with E-state index in [2.05, 4.69) is 15.9 Å². The number of halogens is 3. The molecule has 4 heteroatoms. The van der Waals surface area contributed by atoms with Gasteiger partial charge < -0.3 is 5.11 Å². The third kappa shape index (κ3) is 2.99. The minimum absolute atomic E-state index is 0.00295. The van der Waals surface area contributed by atoms with Crippen LogP contribution in [0.2, 0.25) is 5.02 Å². The fourth-order valence-corrected chi connectivity index (χ4v) is 2.46. The lowest BCUT2D eigenvalue weighted by atomic mass is 9.90. The summed E-state index contributed by atoms with van der Waals surface area (Å²) in [6.45, 7) is 1.86. The van der Waals surface area contributed by atoms with E-state index in [1.54, 1.807) is 12.1 Å². The lowest BCUT2D eigenvalue weighted by Gasteiger charge is -2.20. The molecule has 0 aromatic heterocycles. The Labute approximate surface area is 125 Å². The molecular formula is C15H13BrClFO. The van der Waals surface area contributed by atoms with Gasteiger partial charge in [-0.05, 0) is 27.6 Å². The number of hydrogen-bond acceptors (Lipinski definition) is 1. The first-order chi connectivity index (χ1) is 9.02. The molecule has 0 fully saturated rings. The molecule has 19 heavy (non-hydrogen) atoms. The monoisotopic (exact) mass is 342 g/mol. The average molecular weight is 344 g/mol. The molecule has 0 spiro atoms. The van der Waals surface area contributed by atoms with Crippen molar-refractivity contribution in [1.82, 2.24) is 0 Å². The van der Waals surface area contributed by atoms with Crippen molar-refractivity contribution in [1.29, 1.82) is 0 Å². The van der Waals surface area contributed by atoms with Crippen molar-refractivity contribution in [2.45, 2.75) is 18.9 Å². The van der Waals surface area contributed by atoms with Gasteiger partial charge in [0.05, 0.1) is 11.1 Å². The summed E-state index contributed by atoms with van der Waals surface area (Å²) >= 11 is 9.00. The van der Waals surface area contributed by atoms with Crippen LogP contribution in [-0.4, -0.2) is 5.11 Å². The maximum Gasteiger partial charge on any atom is 0.148 e.